The molecule has 0 spiro atoms. The summed E-state index contributed by atoms with van der Waals surface area (Å²) in [5.74, 6) is 4.88. The molecule has 0 fully saturated rings. The maximum Gasteiger partial charge on any atom is 0.287 e. The summed E-state index contributed by atoms with van der Waals surface area (Å²) < 4.78 is 5.90. The lowest BCUT2D eigenvalue weighted by Gasteiger charge is -2.16. The zero-order valence-corrected chi connectivity index (χ0v) is 12.5. The number of hydrogen-bond donors (Lipinski definition) is 3. The van der Waals surface area contributed by atoms with Crippen LogP contribution in [0.5, 0.6) is 0 Å². The van der Waals surface area contributed by atoms with E-state index in [9.17, 15) is 4.79 Å². The third kappa shape index (κ3) is 3.20. The number of anilines is 1. The predicted octanol–water partition coefficient (Wildman–Crippen LogP) is -0.932. The van der Waals surface area contributed by atoms with Crippen LogP contribution in [0.15, 0.2) is 4.63 Å². The molecule has 1 amide bonds. The molecular formula is C11H19N9O2. The maximum absolute atomic E-state index is 11.8. The Labute approximate surface area is 126 Å². The number of nitrogens with two attached hydrogens (primary N) is 2. The number of hydrazine groups is 1. The van der Waals surface area contributed by atoms with E-state index in [1.54, 1.807) is 0 Å². The molecule has 0 unspecified atom stereocenters. The van der Waals surface area contributed by atoms with Gasteiger partial charge in [0.1, 0.15) is 0 Å². The standard InChI is InChI=1S/C11H19N9O2/c1-3-4-5-19(2)6-7-8(11(21)14-13)15-18-20(7)10-9(12)16-22-17-10/h3-6,13H2,1-2H3,(H2,12,16)(H,14,21). The van der Waals surface area contributed by atoms with E-state index in [2.05, 4.69) is 32.2 Å². The topological polar surface area (TPSA) is 154 Å². The minimum absolute atomic E-state index is 0.0575. The molecule has 0 aliphatic rings. The molecule has 0 aromatic carbocycles. The Morgan fingerprint density at radius 3 is 2.82 bits per heavy atom. The predicted molar refractivity (Wildman–Crippen MR) is 76.5 cm³/mol. The second-order valence-electron chi connectivity index (χ2n) is 4.83. The van der Waals surface area contributed by atoms with Crippen molar-refractivity contribution in [1.82, 2.24) is 35.6 Å². The highest BCUT2D eigenvalue weighted by molar-refractivity contribution is 5.92. The first-order chi connectivity index (χ1) is 10.6. The molecule has 2 aromatic heterocycles. The summed E-state index contributed by atoms with van der Waals surface area (Å²) in [4.78, 5) is 13.9. The number of unbranched alkanes of at least 4 members (excludes halogenated alkanes) is 1. The number of nitrogens with zero attached hydrogens (tertiary/aromatic N) is 6. The molecule has 2 heterocycles. The van der Waals surface area contributed by atoms with Crippen molar-refractivity contribution in [3.8, 4) is 5.82 Å². The molecule has 0 saturated carbocycles. The van der Waals surface area contributed by atoms with Gasteiger partial charge in [-0.3, -0.25) is 10.2 Å². The van der Waals surface area contributed by atoms with E-state index in [1.165, 1.54) is 4.68 Å². The summed E-state index contributed by atoms with van der Waals surface area (Å²) in [5.41, 5.74) is 8.33. The average molecular weight is 309 g/mol. The van der Waals surface area contributed by atoms with Crippen LogP contribution in [-0.2, 0) is 6.54 Å². The molecule has 0 aliphatic carbocycles. The number of aromatic nitrogens is 5. The Bertz CT molecular complexity index is 635. The molecule has 11 nitrogen and oxygen atoms in total. The summed E-state index contributed by atoms with van der Waals surface area (Å²) >= 11 is 0. The molecule has 0 aliphatic heterocycles. The quantitative estimate of drug-likeness (QED) is 0.334. The van der Waals surface area contributed by atoms with E-state index in [1.807, 2.05) is 17.4 Å². The fourth-order valence-electron chi connectivity index (χ4n) is 1.96. The zero-order chi connectivity index (χ0) is 16.1. The summed E-state index contributed by atoms with van der Waals surface area (Å²) in [7, 11) is 1.93. The molecule has 120 valence electrons. The molecule has 0 saturated heterocycles. The van der Waals surface area contributed by atoms with Crippen LogP contribution < -0.4 is 17.0 Å². The highest BCUT2D eigenvalue weighted by Gasteiger charge is 2.24. The van der Waals surface area contributed by atoms with E-state index in [0.717, 1.165) is 19.4 Å². The fourth-order valence-corrected chi connectivity index (χ4v) is 1.96. The smallest absolute Gasteiger partial charge is 0.287 e. The van der Waals surface area contributed by atoms with Gasteiger partial charge in [0.2, 0.25) is 11.6 Å². The maximum atomic E-state index is 11.8. The first-order valence-corrected chi connectivity index (χ1v) is 6.80. The van der Waals surface area contributed by atoms with Crippen molar-refractivity contribution in [3.05, 3.63) is 11.4 Å². The van der Waals surface area contributed by atoms with Crippen LogP contribution in [0.4, 0.5) is 5.82 Å². The van der Waals surface area contributed by atoms with Crippen molar-refractivity contribution >= 4 is 11.7 Å². The van der Waals surface area contributed by atoms with Crippen molar-refractivity contribution in [2.75, 3.05) is 19.3 Å². The van der Waals surface area contributed by atoms with E-state index >= 15 is 0 Å². The third-order valence-corrected chi connectivity index (χ3v) is 3.12. The lowest BCUT2D eigenvalue weighted by molar-refractivity contribution is 0.0946. The van der Waals surface area contributed by atoms with E-state index < -0.39 is 5.91 Å². The van der Waals surface area contributed by atoms with Gasteiger partial charge in [-0.05, 0) is 30.3 Å². The van der Waals surface area contributed by atoms with Gasteiger partial charge in [-0.25, -0.2) is 10.5 Å². The minimum atomic E-state index is -0.542. The van der Waals surface area contributed by atoms with E-state index in [-0.39, 0.29) is 17.3 Å². The molecule has 22 heavy (non-hydrogen) atoms. The molecule has 2 aromatic rings. The van der Waals surface area contributed by atoms with Gasteiger partial charge in [-0.2, -0.15) is 4.68 Å². The first kappa shape index (κ1) is 15.9. The van der Waals surface area contributed by atoms with Gasteiger partial charge in [0, 0.05) is 6.54 Å². The molecule has 0 bridgehead atoms. The van der Waals surface area contributed by atoms with Crippen molar-refractivity contribution in [1.29, 1.82) is 0 Å². The van der Waals surface area contributed by atoms with Gasteiger partial charge in [-0.15, -0.1) is 5.10 Å². The SMILES string of the molecule is CCCCN(C)Cc1c(C(=O)NN)nnn1-c1nonc1N. The number of carbonyl (C=O) groups is 1. The van der Waals surface area contributed by atoms with Crippen molar-refractivity contribution < 1.29 is 9.42 Å². The Hall–Kier alpha value is -2.53. The van der Waals surface area contributed by atoms with Crippen LogP contribution >= 0.6 is 0 Å². The summed E-state index contributed by atoms with van der Waals surface area (Å²) in [5, 5.41) is 14.9. The lowest BCUT2D eigenvalue weighted by Crippen LogP contribution is -2.32. The van der Waals surface area contributed by atoms with Crippen molar-refractivity contribution in [3.63, 3.8) is 0 Å². The van der Waals surface area contributed by atoms with Gasteiger partial charge in [0.25, 0.3) is 5.91 Å². The zero-order valence-electron chi connectivity index (χ0n) is 12.5. The number of nitrogens with one attached hydrogen (secondary N) is 1. The number of amides is 1. The lowest BCUT2D eigenvalue weighted by atomic mass is 10.2. The van der Waals surface area contributed by atoms with Gasteiger partial charge in [0.15, 0.2) is 5.69 Å². The Kier molecular flexibility index (Phi) is 5.01. The Morgan fingerprint density at radius 2 is 2.23 bits per heavy atom. The Morgan fingerprint density at radius 1 is 1.45 bits per heavy atom. The monoisotopic (exact) mass is 309 g/mol. The molecule has 0 atom stereocenters. The van der Waals surface area contributed by atoms with Crippen LogP contribution in [-0.4, -0.2) is 49.7 Å². The van der Waals surface area contributed by atoms with Gasteiger partial charge >= 0.3 is 0 Å². The average Bonchev–Trinajstić information content (AvgIpc) is 3.10. The van der Waals surface area contributed by atoms with Gasteiger partial charge in [0.05, 0.1) is 5.69 Å². The third-order valence-electron chi connectivity index (χ3n) is 3.12. The van der Waals surface area contributed by atoms with Gasteiger partial charge in [-0.1, -0.05) is 18.6 Å². The van der Waals surface area contributed by atoms with Crippen LogP contribution in [0.3, 0.4) is 0 Å². The molecule has 2 rings (SSSR count). The fraction of sp³-hybridized carbons (Fsp3) is 0.545. The van der Waals surface area contributed by atoms with Crippen molar-refractivity contribution in [2.24, 2.45) is 5.84 Å². The minimum Gasteiger partial charge on any atom is -0.378 e. The second-order valence-corrected chi connectivity index (χ2v) is 4.83. The highest BCUT2D eigenvalue weighted by Crippen LogP contribution is 2.17. The normalized spacial score (nSPS) is 11.1. The van der Waals surface area contributed by atoms with E-state index in [0.29, 0.717) is 12.2 Å². The Balaban J connectivity index is 2.36. The summed E-state index contributed by atoms with van der Waals surface area (Å²) in [6.07, 6.45) is 2.10. The van der Waals surface area contributed by atoms with Crippen LogP contribution in [0.25, 0.3) is 5.82 Å². The highest BCUT2D eigenvalue weighted by atomic mass is 16.6. The summed E-state index contributed by atoms with van der Waals surface area (Å²) in [6.45, 7) is 3.38. The first-order valence-electron chi connectivity index (χ1n) is 6.80. The number of rotatable bonds is 7. The largest absolute Gasteiger partial charge is 0.378 e. The molecule has 5 N–H and O–H groups in total. The second kappa shape index (κ2) is 6.95. The van der Waals surface area contributed by atoms with E-state index in [4.69, 9.17) is 11.6 Å². The summed E-state index contributed by atoms with van der Waals surface area (Å²) in [6, 6.07) is 0. The van der Waals surface area contributed by atoms with Crippen LogP contribution in [0.1, 0.15) is 35.9 Å². The van der Waals surface area contributed by atoms with Gasteiger partial charge < -0.3 is 10.6 Å². The number of nitrogen functional groups attached to an aromatic ring is 2. The molecule has 11 heteroatoms. The van der Waals surface area contributed by atoms with Crippen LogP contribution in [0.2, 0.25) is 0 Å². The van der Waals surface area contributed by atoms with Crippen LogP contribution in [0, 0.1) is 0 Å². The number of hydrogen-bond acceptors (Lipinski definition) is 9. The molecule has 0 radical (unpaired) electrons. The number of carbonyl (C=O) groups excluding carboxylic acids is 1. The van der Waals surface area contributed by atoms with Crippen molar-refractivity contribution in [2.45, 2.75) is 26.3 Å². The molecular weight excluding hydrogens is 290 g/mol.